The van der Waals surface area contributed by atoms with Crippen LogP contribution in [0.15, 0.2) is 0 Å². The maximum absolute atomic E-state index is 11.2. The van der Waals surface area contributed by atoms with Crippen LogP contribution in [0, 0.1) is 17.0 Å². The van der Waals surface area contributed by atoms with E-state index in [0.29, 0.717) is 23.3 Å². The van der Waals surface area contributed by atoms with E-state index in [0.717, 1.165) is 13.0 Å². The molecule has 0 amide bonds. The zero-order chi connectivity index (χ0) is 13.8. The van der Waals surface area contributed by atoms with Crippen molar-refractivity contribution in [2.24, 2.45) is 0 Å². The van der Waals surface area contributed by atoms with Gasteiger partial charge in [-0.25, -0.2) is 4.68 Å². The molecule has 106 valence electrons. The molecule has 1 unspecified atom stereocenters. The number of thioether (sulfide) groups is 1. The molecule has 1 aromatic heterocycles. The molecule has 0 radical (unpaired) electrons. The zero-order valence-corrected chi connectivity index (χ0v) is 12.2. The van der Waals surface area contributed by atoms with E-state index in [1.165, 1.54) is 18.6 Å². The van der Waals surface area contributed by atoms with Crippen molar-refractivity contribution in [3.63, 3.8) is 0 Å². The lowest BCUT2D eigenvalue weighted by molar-refractivity contribution is -0.384. The summed E-state index contributed by atoms with van der Waals surface area (Å²) in [5, 5.41) is 19.2. The Balaban J connectivity index is 2.16. The first-order valence-electron chi connectivity index (χ1n) is 6.70. The highest BCUT2D eigenvalue weighted by Crippen LogP contribution is 2.31. The number of aryl methyl sites for hydroxylation is 2. The van der Waals surface area contributed by atoms with Crippen LogP contribution < -0.4 is 5.32 Å². The first-order chi connectivity index (χ1) is 9.13. The van der Waals surface area contributed by atoms with Gasteiger partial charge in [0.15, 0.2) is 0 Å². The third kappa shape index (κ3) is 3.20. The molecule has 1 aliphatic rings. The van der Waals surface area contributed by atoms with Gasteiger partial charge in [0.05, 0.1) is 4.92 Å². The molecule has 1 N–H and O–H groups in total. The Bertz CT molecular complexity index is 455. The van der Waals surface area contributed by atoms with Crippen molar-refractivity contribution < 1.29 is 4.92 Å². The van der Waals surface area contributed by atoms with E-state index in [1.807, 2.05) is 18.7 Å². The van der Waals surface area contributed by atoms with Crippen molar-refractivity contribution in [1.82, 2.24) is 9.78 Å². The molecule has 1 saturated heterocycles. The van der Waals surface area contributed by atoms with Gasteiger partial charge < -0.3 is 5.32 Å². The summed E-state index contributed by atoms with van der Waals surface area (Å²) in [5.41, 5.74) is 0.608. The van der Waals surface area contributed by atoms with Gasteiger partial charge in [0.2, 0.25) is 5.82 Å². The predicted octanol–water partition coefficient (Wildman–Crippen LogP) is 2.82. The second-order valence-corrected chi connectivity index (χ2v) is 6.19. The minimum Gasteiger partial charge on any atom is -0.363 e. The van der Waals surface area contributed by atoms with Gasteiger partial charge in [-0.2, -0.15) is 16.9 Å². The Morgan fingerprint density at radius 1 is 1.63 bits per heavy atom. The first kappa shape index (κ1) is 14.2. The van der Waals surface area contributed by atoms with Gasteiger partial charge in [-0.05, 0) is 31.9 Å². The summed E-state index contributed by atoms with van der Waals surface area (Å²) >= 11 is 1.94. The quantitative estimate of drug-likeness (QED) is 0.642. The van der Waals surface area contributed by atoms with Crippen molar-refractivity contribution in [2.75, 3.05) is 17.6 Å². The van der Waals surface area contributed by atoms with E-state index >= 15 is 0 Å². The van der Waals surface area contributed by atoms with Crippen LogP contribution in [0.1, 0.15) is 31.9 Å². The van der Waals surface area contributed by atoms with Crippen LogP contribution in [0.5, 0.6) is 0 Å². The summed E-state index contributed by atoms with van der Waals surface area (Å²) in [6.07, 6.45) is 3.34. The molecule has 1 fully saturated rings. The van der Waals surface area contributed by atoms with Crippen LogP contribution in [0.4, 0.5) is 11.5 Å². The van der Waals surface area contributed by atoms with Crippen LogP contribution in [-0.4, -0.2) is 32.3 Å². The number of nitrogens with zero attached hydrogens (tertiary/aromatic N) is 3. The van der Waals surface area contributed by atoms with Crippen molar-refractivity contribution in [2.45, 2.75) is 44.9 Å². The summed E-state index contributed by atoms with van der Waals surface area (Å²) in [7, 11) is 0. The number of aromatic nitrogens is 2. The molecule has 0 saturated carbocycles. The van der Waals surface area contributed by atoms with Gasteiger partial charge in [-0.3, -0.25) is 10.1 Å². The molecular formula is C12H20N4O2S. The highest BCUT2D eigenvalue weighted by molar-refractivity contribution is 8.00. The Kier molecular flexibility index (Phi) is 4.68. The van der Waals surface area contributed by atoms with E-state index < -0.39 is 0 Å². The molecule has 19 heavy (non-hydrogen) atoms. The lowest BCUT2D eigenvalue weighted by Gasteiger charge is -2.12. The van der Waals surface area contributed by atoms with Crippen molar-refractivity contribution in [1.29, 1.82) is 0 Å². The summed E-state index contributed by atoms with van der Waals surface area (Å²) in [4.78, 5) is 10.8. The maximum Gasteiger partial charge on any atom is 0.333 e. The van der Waals surface area contributed by atoms with E-state index in [-0.39, 0.29) is 10.6 Å². The van der Waals surface area contributed by atoms with Crippen molar-refractivity contribution >= 4 is 23.3 Å². The largest absolute Gasteiger partial charge is 0.363 e. The highest BCUT2D eigenvalue weighted by Gasteiger charge is 2.26. The topological polar surface area (TPSA) is 73.0 Å². The fourth-order valence-corrected chi connectivity index (χ4v) is 3.56. The smallest absolute Gasteiger partial charge is 0.333 e. The van der Waals surface area contributed by atoms with E-state index in [4.69, 9.17) is 0 Å². The number of hydrogen-bond donors (Lipinski definition) is 1. The molecule has 1 atom stereocenters. The van der Waals surface area contributed by atoms with Gasteiger partial charge >= 0.3 is 5.69 Å². The highest BCUT2D eigenvalue weighted by atomic mass is 32.2. The second kappa shape index (κ2) is 6.27. The number of anilines is 1. The summed E-state index contributed by atoms with van der Waals surface area (Å²) < 4.78 is 1.73. The second-order valence-electron chi connectivity index (χ2n) is 4.78. The molecule has 2 rings (SSSR count). The standard InChI is InChI=1S/C12H20N4O2S/c1-3-6-15-12(11(16(17)18)9(2)14-15)13-8-10-5-4-7-19-10/h10,13H,3-8H2,1-2H3. The number of nitrogens with one attached hydrogen (secondary N) is 1. The molecule has 0 aromatic carbocycles. The lowest BCUT2D eigenvalue weighted by Crippen LogP contribution is -2.17. The zero-order valence-electron chi connectivity index (χ0n) is 11.4. The summed E-state index contributed by atoms with van der Waals surface area (Å²) in [6.45, 7) is 5.22. The van der Waals surface area contributed by atoms with Crippen LogP contribution in [0.3, 0.4) is 0 Å². The van der Waals surface area contributed by atoms with Crippen LogP contribution >= 0.6 is 11.8 Å². The molecule has 1 aromatic rings. The first-order valence-corrected chi connectivity index (χ1v) is 7.75. The normalized spacial score (nSPS) is 18.7. The minimum atomic E-state index is -0.335. The molecule has 7 heteroatoms. The SMILES string of the molecule is CCCn1nc(C)c([N+](=O)[O-])c1NCC1CCCS1. The van der Waals surface area contributed by atoms with Crippen LogP contribution in [-0.2, 0) is 6.54 Å². The molecule has 0 bridgehead atoms. The van der Waals surface area contributed by atoms with E-state index in [2.05, 4.69) is 10.4 Å². The van der Waals surface area contributed by atoms with Gasteiger partial charge in [0.1, 0.15) is 5.69 Å². The van der Waals surface area contributed by atoms with Gasteiger partial charge in [0, 0.05) is 18.3 Å². The molecule has 0 aliphatic carbocycles. The molecule has 6 nitrogen and oxygen atoms in total. The van der Waals surface area contributed by atoms with Crippen LogP contribution in [0.25, 0.3) is 0 Å². The van der Waals surface area contributed by atoms with Crippen molar-refractivity contribution in [3.05, 3.63) is 15.8 Å². The summed E-state index contributed by atoms with van der Waals surface area (Å²) in [6, 6.07) is 0. The fraction of sp³-hybridized carbons (Fsp3) is 0.750. The van der Waals surface area contributed by atoms with E-state index in [9.17, 15) is 10.1 Å². The lowest BCUT2D eigenvalue weighted by atomic mass is 10.2. The minimum absolute atomic E-state index is 0.122. The molecule has 2 heterocycles. The Morgan fingerprint density at radius 2 is 2.42 bits per heavy atom. The maximum atomic E-state index is 11.2. The van der Waals surface area contributed by atoms with Crippen LogP contribution in [0.2, 0.25) is 0 Å². The molecule has 1 aliphatic heterocycles. The Morgan fingerprint density at radius 3 is 3.00 bits per heavy atom. The number of hydrogen-bond acceptors (Lipinski definition) is 5. The summed E-state index contributed by atoms with van der Waals surface area (Å²) in [5.74, 6) is 1.76. The number of nitro groups is 1. The predicted molar refractivity (Wildman–Crippen MR) is 77.9 cm³/mol. The average molecular weight is 284 g/mol. The number of rotatable bonds is 6. The van der Waals surface area contributed by atoms with Gasteiger partial charge in [0.25, 0.3) is 0 Å². The fourth-order valence-electron chi connectivity index (χ4n) is 2.36. The third-order valence-electron chi connectivity index (χ3n) is 3.23. The van der Waals surface area contributed by atoms with E-state index in [1.54, 1.807) is 11.6 Å². The Hall–Kier alpha value is -1.24. The molecule has 0 spiro atoms. The average Bonchev–Trinajstić information content (AvgIpc) is 2.95. The van der Waals surface area contributed by atoms with Gasteiger partial charge in [-0.15, -0.1) is 0 Å². The monoisotopic (exact) mass is 284 g/mol. The third-order valence-corrected chi connectivity index (χ3v) is 4.63. The van der Waals surface area contributed by atoms with Crippen molar-refractivity contribution in [3.8, 4) is 0 Å². The Labute approximate surface area is 117 Å². The molecular weight excluding hydrogens is 264 g/mol. The van der Waals surface area contributed by atoms with Gasteiger partial charge in [-0.1, -0.05) is 6.92 Å².